The van der Waals surface area contributed by atoms with Crippen LogP contribution in [0, 0.1) is 11.3 Å². The third-order valence-corrected chi connectivity index (χ3v) is 3.80. The Bertz CT molecular complexity index is 600. The highest BCUT2D eigenvalue weighted by Crippen LogP contribution is 2.11. The highest BCUT2D eigenvalue weighted by atomic mass is 32.2. The third kappa shape index (κ3) is 3.77. The van der Waals surface area contributed by atoms with E-state index in [4.69, 9.17) is 10.00 Å². The highest BCUT2D eigenvalue weighted by molar-refractivity contribution is 7.90. The minimum absolute atomic E-state index is 0.133. The summed E-state index contributed by atoms with van der Waals surface area (Å²) in [4.78, 5) is 11.5. The van der Waals surface area contributed by atoms with Crippen LogP contribution in [0.25, 0.3) is 0 Å². The van der Waals surface area contributed by atoms with Crippen LogP contribution < -0.4 is 4.72 Å². The van der Waals surface area contributed by atoms with Crippen molar-refractivity contribution in [1.29, 1.82) is 5.26 Å². The molecule has 1 N–H and O–H groups in total. The number of hydrogen-bond acceptors (Lipinski definition) is 5. The summed E-state index contributed by atoms with van der Waals surface area (Å²) in [6.07, 6.45) is -0.468. The van der Waals surface area contributed by atoms with E-state index >= 15 is 0 Å². The Kier molecular flexibility index (Phi) is 5.03. The number of nitriles is 1. The third-order valence-electron chi connectivity index (χ3n) is 2.46. The van der Waals surface area contributed by atoms with Crippen LogP contribution in [0.3, 0.4) is 0 Å². The Hall–Kier alpha value is -1.91. The van der Waals surface area contributed by atoms with Crippen LogP contribution in [0.2, 0.25) is 0 Å². The van der Waals surface area contributed by atoms with Crippen LogP contribution in [0.5, 0.6) is 0 Å². The maximum Gasteiger partial charge on any atom is 0.264 e. The molecule has 0 aromatic heterocycles. The molecule has 0 aliphatic heterocycles. The summed E-state index contributed by atoms with van der Waals surface area (Å²) in [6.45, 7) is 1.71. The largest absolute Gasteiger partial charge is 0.372 e. The molecule has 0 saturated carbocycles. The highest BCUT2D eigenvalue weighted by Gasteiger charge is 2.23. The number of carbonyl (C=O) groups is 1. The molecule has 1 amide bonds. The summed E-state index contributed by atoms with van der Waals surface area (Å²) in [7, 11) is -2.66. The SMILES string of the molecule is CCC(OC)C(=O)NS(=O)(=O)c1cccc(C#N)c1. The maximum absolute atomic E-state index is 12.0. The summed E-state index contributed by atoms with van der Waals surface area (Å²) in [5, 5.41) is 8.72. The molecule has 7 heteroatoms. The lowest BCUT2D eigenvalue weighted by Gasteiger charge is -2.13. The minimum atomic E-state index is -3.99. The number of nitrogens with zero attached hydrogens (tertiary/aromatic N) is 1. The molecule has 102 valence electrons. The Labute approximate surface area is 112 Å². The average molecular weight is 282 g/mol. The second kappa shape index (κ2) is 6.31. The van der Waals surface area contributed by atoms with Gasteiger partial charge in [-0.25, -0.2) is 13.1 Å². The molecule has 1 unspecified atom stereocenters. The van der Waals surface area contributed by atoms with Gasteiger partial charge in [-0.15, -0.1) is 0 Å². The van der Waals surface area contributed by atoms with Crippen LogP contribution in [-0.4, -0.2) is 27.5 Å². The van der Waals surface area contributed by atoms with E-state index in [1.54, 1.807) is 6.92 Å². The molecule has 0 radical (unpaired) electrons. The lowest BCUT2D eigenvalue weighted by atomic mass is 10.2. The molecule has 0 spiro atoms. The Morgan fingerprint density at radius 3 is 2.74 bits per heavy atom. The lowest BCUT2D eigenvalue weighted by Crippen LogP contribution is -2.39. The molecule has 0 fully saturated rings. The first-order valence-electron chi connectivity index (χ1n) is 5.54. The average Bonchev–Trinajstić information content (AvgIpc) is 2.39. The fourth-order valence-electron chi connectivity index (χ4n) is 1.45. The van der Waals surface area contributed by atoms with E-state index in [1.165, 1.54) is 31.4 Å². The monoisotopic (exact) mass is 282 g/mol. The van der Waals surface area contributed by atoms with Gasteiger partial charge in [0.05, 0.1) is 16.5 Å². The van der Waals surface area contributed by atoms with E-state index < -0.39 is 22.0 Å². The van der Waals surface area contributed by atoms with Crippen molar-refractivity contribution in [2.75, 3.05) is 7.11 Å². The standard InChI is InChI=1S/C12H14N2O4S/c1-3-11(18-2)12(15)14-19(16,17)10-6-4-5-9(7-10)8-13/h4-7,11H,3H2,1-2H3,(H,14,15). The topological polar surface area (TPSA) is 96.3 Å². The first-order valence-corrected chi connectivity index (χ1v) is 7.02. The number of methoxy groups -OCH3 is 1. The molecule has 0 bridgehead atoms. The zero-order chi connectivity index (χ0) is 14.5. The Morgan fingerprint density at radius 1 is 1.53 bits per heavy atom. The fraction of sp³-hybridized carbons (Fsp3) is 0.333. The van der Waals surface area contributed by atoms with Gasteiger partial charge in [-0.2, -0.15) is 5.26 Å². The van der Waals surface area contributed by atoms with Gasteiger partial charge in [0.2, 0.25) is 0 Å². The van der Waals surface area contributed by atoms with Gasteiger partial charge < -0.3 is 4.74 Å². The van der Waals surface area contributed by atoms with Crippen LogP contribution in [0.4, 0.5) is 0 Å². The zero-order valence-corrected chi connectivity index (χ0v) is 11.4. The molecule has 1 aromatic rings. The number of ether oxygens (including phenoxy) is 1. The number of amides is 1. The van der Waals surface area contributed by atoms with Crippen molar-refractivity contribution in [2.24, 2.45) is 0 Å². The van der Waals surface area contributed by atoms with Gasteiger partial charge in [0.1, 0.15) is 6.10 Å². The van der Waals surface area contributed by atoms with Crippen LogP contribution in [0.1, 0.15) is 18.9 Å². The first-order chi connectivity index (χ1) is 8.94. The lowest BCUT2D eigenvalue weighted by molar-refractivity contribution is -0.129. The maximum atomic E-state index is 12.0. The minimum Gasteiger partial charge on any atom is -0.372 e. The predicted molar refractivity (Wildman–Crippen MR) is 67.6 cm³/mol. The normalized spacial score (nSPS) is 12.5. The molecule has 1 aromatic carbocycles. The van der Waals surface area contributed by atoms with Gasteiger partial charge in [-0.3, -0.25) is 4.79 Å². The second-order valence-electron chi connectivity index (χ2n) is 3.74. The molecule has 6 nitrogen and oxygen atoms in total. The molecular weight excluding hydrogens is 268 g/mol. The quantitative estimate of drug-likeness (QED) is 0.861. The Balaban J connectivity index is 2.99. The number of hydrogen-bond donors (Lipinski definition) is 1. The number of benzene rings is 1. The van der Waals surface area contributed by atoms with Gasteiger partial charge in [0.15, 0.2) is 0 Å². The van der Waals surface area contributed by atoms with E-state index in [1.807, 2.05) is 10.8 Å². The van der Waals surface area contributed by atoms with E-state index in [0.29, 0.717) is 6.42 Å². The second-order valence-corrected chi connectivity index (χ2v) is 5.42. The molecule has 0 aliphatic rings. The zero-order valence-electron chi connectivity index (χ0n) is 10.6. The van der Waals surface area contributed by atoms with Gasteiger partial charge in [0, 0.05) is 7.11 Å². The molecule has 1 rings (SSSR count). The molecular formula is C12H14N2O4S. The summed E-state index contributed by atoms with van der Waals surface area (Å²) in [5.74, 6) is -0.729. The van der Waals surface area contributed by atoms with E-state index in [0.717, 1.165) is 0 Å². The molecule has 19 heavy (non-hydrogen) atoms. The van der Waals surface area contributed by atoms with Crippen molar-refractivity contribution in [3.63, 3.8) is 0 Å². The molecule has 0 aliphatic carbocycles. The van der Waals surface area contributed by atoms with Crippen LogP contribution in [-0.2, 0) is 19.6 Å². The summed E-state index contributed by atoms with van der Waals surface area (Å²) >= 11 is 0. The van der Waals surface area contributed by atoms with Crippen molar-refractivity contribution in [2.45, 2.75) is 24.3 Å². The summed E-state index contributed by atoms with van der Waals surface area (Å²) in [5.41, 5.74) is 0.203. The van der Waals surface area contributed by atoms with E-state index in [2.05, 4.69) is 0 Å². The Morgan fingerprint density at radius 2 is 2.21 bits per heavy atom. The van der Waals surface area contributed by atoms with E-state index in [9.17, 15) is 13.2 Å². The van der Waals surface area contributed by atoms with Crippen molar-refractivity contribution in [1.82, 2.24) is 4.72 Å². The number of rotatable bonds is 5. The van der Waals surface area contributed by atoms with Crippen molar-refractivity contribution in [3.8, 4) is 6.07 Å². The molecule has 1 atom stereocenters. The number of nitrogens with one attached hydrogen (secondary N) is 1. The fourth-order valence-corrected chi connectivity index (χ4v) is 2.50. The molecule has 0 heterocycles. The van der Waals surface area contributed by atoms with Crippen molar-refractivity contribution >= 4 is 15.9 Å². The first kappa shape index (κ1) is 15.1. The van der Waals surface area contributed by atoms with Gasteiger partial charge in [-0.1, -0.05) is 13.0 Å². The number of sulfonamides is 1. The van der Waals surface area contributed by atoms with Gasteiger partial charge in [-0.05, 0) is 24.6 Å². The van der Waals surface area contributed by atoms with Crippen LogP contribution in [0.15, 0.2) is 29.2 Å². The van der Waals surface area contributed by atoms with Crippen molar-refractivity contribution in [3.05, 3.63) is 29.8 Å². The van der Waals surface area contributed by atoms with Crippen molar-refractivity contribution < 1.29 is 17.9 Å². The predicted octanol–water partition coefficient (Wildman–Crippen LogP) is 0.788. The van der Waals surface area contributed by atoms with Crippen LogP contribution >= 0.6 is 0 Å². The van der Waals surface area contributed by atoms with E-state index in [-0.39, 0.29) is 10.5 Å². The van der Waals surface area contributed by atoms with Gasteiger partial charge in [0.25, 0.3) is 15.9 Å². The van der Waals surface area contributed by atoms with Gasteiger partial charge >= 0.3 is 0 Å². The smallest absolute Gasteiger partial charge is 0.264 e. The summed E-state index contributed by atoms with van der Waals surface area (Å²) in [6, 6.07) is 7.26. The summed E-state index contributed by atoms with van der Waals surface area (Å²) < 4.78 is 30.7. The number of carbonyl (C=O) groups excluding carboxylic acids is 1. The molecule has 0 saturated heterocycles.